The Morgan fingerprint density at radius 3 is 2.20 bits per heavy atom. The first-order valence-corrected chi connectivity index (χ1v) is 12.6. The number of amides is 3. The molecule has 0 aliphatic heterocycles. The summed E-state index contributed by atoms with van der Waals surface area (Å²) in [5.41, 5.74) is -0.329. The third-order valence-corrected chi connectivity index (χ3v) is 5.42. The summed E-state index contributed by atoms with van der Waals surface area (Å²) < 4.78 is 9.93. The van der Waals surface area contributed by atoms with Crippen LogP contribution in [0.15, 0.2) is 24.3 Å². The van der Waals surface area contributed by atoms with E-state index in [1.807, 2.05) is 6.26 Å². The Morgan fingerprint density at radius 1 is 1.11 bits per heavy atom. The molecule has 3 N–H and O–H groups in total. The number of esters is 1. The third-order valence-electron chi connectivity index (χ3n) is 4.78. The summed E-state index contributed by atoms with van der Waals surface area (Å²) >= 11 is 1.51. The molecule has 0 aromatic heterocycles. The number of aromatic hydroxyl groups is 1. The zero-order chi connectivity index (χ0) is 26.8. The van der Waals surface area contributed by atoms with Crippen LogP contribution in [0.3, 0.4) is 0 Å². The highest BCUT2D eigenvalue weighted by atomic mass is 32.2. The van der Waals surface area contributed by atoms with Crippen LogP contribution in [0.2, 0.25) is 0 Å². The van der Waals surface area contributed by atoms with Gasteiger partial charge >= 0.3 is 12.1 Å². The molecule has 0 saturated heterocycles. The SMILES string of the molecule is COC(=O)CNC(=O)C(c1ccc(O)cc1)N(C(=O)C(CCSC)NC(=O)OC(C)(C)C)C(C)C. The molecule has 10 nitrogen and oxygen atoms in total. The van der Waals surface area contributed by atoms with Gasteiger partial charge in [0.2, 0.25) is 11.8 Å². The number of nitrogens with zero attached hydrogens (tertiary/aromatic N) is 1. The second kappa shape index (κ2) is 13.8. The lowest BCUT2D eigenvalue weighted by molar-refractivity contribution is -0.146. The van der Waals surface area contributed by atoms with Crippen molar-refractivity contribution >= 4 is 35.6 Å². The van der Waals surface area contributed by atoms with E-state index in [0.29, 0.717) is 17.7 Å². The fourth-order valence-corrected chi connectivity index (χ4v) is 3.70. The van der Waals surface area contributed by atoms with E-state index in [-0.39, 0.29) is 12.3 Å². The molecule has 0 aliphatic carbocycles. The number of hydrogen-bond donors (Lipinski definition) is 3. The molecule has 0 radical (unpaired) electrons. The van der Waals surface area contributed by atoms with Crippen molar-refractivity contribution in [2.24, 2.45) is 0 Å². The molecule has 35 heavy (non-hydrogen) atoms. The molecule has 0 spiro atoms. The minimum absolute atomic E-state index is 0.00525. The molecular weight excluding hydrogens is 474 g/mol. The van der Waals surface area contributed by atoms with E-state index in [1.165, 1.54) is 48.0 Å². The number of hydrogen-bond acceptors (Lipinski definition) is 8. The van der Waals surface area contributed by atoms with Gasteiger partial charge in [0.25, 0.3) is 0 Å². The Bertz CT molecular complexity index is 869. The lowest BCUT2D eigenvalue weighted by Crippen LogP contribution is -2.55. The van der Waals surface area contributed by atoms with Gasteiger partial charge in [-0.15, -0.1) is 0 Å². The molecule has 3 amide bonds. The van der Waals surface area contributed by atoms with Crippen molar-refractivity contribution in [1.82, 2.24) is 15.5 Å². The molecule has 196 valence electrons. The minimum atomic E-state index is -1.13. The topological polar surface area (TPSA) is 134 Å². The van der Waals surface area contributed by atoms with Crippen LogP contribution in [-0.2, 0) is 23.9 Å². The average Bonchev–Trinajstić information content (AvgIpc) is 2.77. The van der Waals surface area contributed by atoms with E-state index in [2.05, 4.69) is 15.4 Å². The maximum absolute atomic E-state index is 13.8. The molecule has 1 rings (SSSR count). The summed E-state index contributed by atoms with van der Waals surface area (Å²) in [4.78, 5) is 52.5. The first-order valence-electron chi connectivity index (χ1n) is 11.2. The lowest BCUT2D eigenvalue weighted by Gasteiger charge is -2.37. The Balaban J connectivity index is 3.39. The van der Waals surface area contributed by atoms with E-state index in [9.17, 15) is 24.3 Å². The fraction of sp³-hybridized carbons (Fsp3) is 0.583. The van der Waals surface area contributed by atoms with Crippen molar-refractivity contribution in [3.63, 3.8) is 0 Å². The molecule has 0 saturated carbocycles. The van der Waals surface area contributed by atoms with Crippen LogP contribution in [0.4, 0.5) is 4.79 Å². The second-order valence-corrected chi connectivity index (χ2v) is 10.1. The summed E-state index contributed by atoms with van der Waals surface area (Å²) in [7, 11) is 1.20. The fourth-order valence-electron chi connectivity index (χ4n) is 3.23. The van der Waals surface area contributed by atoms with Crippen LogP contribution >= 0.6 is 11.8 Å². The van der Waals surface area contributed by atoms with Crippen LogP contribution in [0, 0.1) is 0 Å². The number of ether oxygens (including phenoxy) is 2. The number of carbonyl (C=O) groups is 4. The summed E-state index contributed by atoms with van der Waals surface area (Å²) in [6, 6.07) is 3.32. The molecule has 2 unspecified atom stereocenters. The number of carbonyl (C=O) groups excluding carboxylic acids is 4. The largest absolute Gasteiger partial charge is 0.508 e. The van der Waals surface area contributed by atoms with Gasteiger partial charge in [0.05, 0.1) is 7.11 Å². The van der Waals surface area contributed by atoms with Gasteiger partial charge in [-0.25, -0.2) is 4.79 Å². The third kappa shape index (κ3) is 10.1. The van der Waals surface area contributed by atoms with Crippen LogP contribution in [0.1, 0.15) is 52.6 Å². The number of phenols is 1. The number of phenolic OH excluding ortho intramolecular Hbond substituents is 1. The van der Waals surface area contributed by atoms with Gasteiger partial charge in [-0.3, -0.25) is 14.4 Å². The van der Waals surface area contributed by atoms with Gasteiger partial charge in [0.1, 0.15) is 30.0 Å². The Hall–Kier alpha value is -2.95. The smallest absolute Gasteiger partial charge is 0.408 e. The van der Waals surface area contributed by atoms with E-state index < -0.39 is 47.6 Å². The monoisotopic (exact) mass is 511 g/mol. The van der Waals surface area contributed by atoms with Crippen molar-refractivity contribution in [2.45, 2.75) is 64.8 Å². The van der Waals surface area contributed by atoms with Gasteiger partial charge in [-0.1, -0.05) is 12.1 Å². The van der Waals surface area contributed by atoms with Crippen molar-refractivity contribution in [3.8, 4) is 5.75 Å². The highest BCUT2D eigenvalue weighted by Crippen LogP contribution is 2.27. The molecular formula is C24H37N3O7S. The number of rotatable bonds is 11. The van der Waals surface area contributed by atoms with Crippen LogP contribution in [-0.4, -0.2) is 77.2 Å². The minimum Gasteiger partial charge on any atom is -0.508 e. The van der Waals surface area contributed by atoms with E-state index in [4.69, 9.17) is 4.74 Å². The van der Waals surface area contributed by atoms with Crippen LogP contribution in [0.25, 0.3) is 0 Å². The van der Waals surface area contributed by atoms with Gasteiger partial charge in [0.15, 0.2) is 0 Å². The van der Waals surface area contributed by atoms with Crippen molar-refractivity contribution in [3.05, 3.63) is 29.8 Å². The van der Waals surface area contributed by atoms with Gasteiger partial charge < -0.3 is 30.1 Å². The van der Waals surface area contributed by atoms with E-state index >= 15 is 0 Å². The Labute approximate surface area is 211 Å². The lowest BCUT2D eigenvalue weighted by atomic mass is 10.0. The van der Waals surface area contributed by atoms with Gasteiger partial charge in [0, 0.05) is 6.04 Å². The zero-order valence-electron chi connectivity index (χ0n) is 21.4. The van der Waals surface area contributed by atoms with Gasteiger partial charge in [-0.2, -0.15) is 11.8 Å². The predicted molar refractivity (Wildman–Crippen MR) is 134 cm³/mol. The summed E-state index contributed by atoms with van der Waals surface area (Å²) in [5.74, 6) is -1.16. The number of alkyl carbamates (subject to hydrolysis) is 1. The highest BCUT2D eigenvalue weighted by molar-refractivity contribution is 7.98. The quantitative estimate of drug-likeness (QED) is 0.386. The summed E-state index contributed by atoms with van der Waals surface area (Å²) in [5, 5.41) is 14.9. The van der Waals surface area contributed by atoms with Crippen LogP contribution in [0.5, 0.6) is 5.75 Å². The zero-order valence-corrected chi connectivity index (χ0v) is 22.2. The molecule has 0 bridgehead atoms. The molecule has 0 fully saturated rings. The normalized spacial score (nSPS) is 12.9. The number of methoxy groups -OCH3 is 1. The summed E-state index contributed by atoms with van der Waals surface area (Å²) in [6.45, 7) is 8.28. The van der Waals surface area contributed by atoms with Gasteiger partial charge in [-0.05, 0) is 70.7 Å². The molecule has 1 aromatic carbocycles. The average molecular weight is 512 g/mol. The first kappa shape index (κ1) is 30.1. The van der Waals surface area contributed by atoms with Crippen molar-refractivity contribution in [1.29, 1.82) is 0 Å². The Morgan fingerprint density at radius 2 is 1.71 bits per heavy atom. The predicted octanol–water partition coefficient (Wildman–Crippen LogP) is 2.61. The number of nitrogens with one attached hydrogen (secondary N) is 2. The summed E-state index contributed by atoms with van der Waals surface area (Å²) in [6.07, 6.45) is 1.46. The first-order chi connectivity index (χ1) is 16.3. The maximum atomic E-state index is 13.8. The molecule has 1 aromatic rings. The highest BCUT2D eigenvalue weighted by Gasteiger charge is 2.37. The van der Waals surface area contributed by atoms with E-state index in [1.54, 1.807) is 34.6 Å². The molecule has 2 atom stereocenters. The maximum Gasteiger partial charge on any atom is 0.408 e. The van der Waals surface area contributed by atoms with Crippen LogP contribution < -0.4 is 10.6 Å². The van der Waals surface area contributed by atoms with E-state index in [0.717, 1.165) is 0 Å². The Kier molecular flexibility index (Phi) is 11.9. The number of thioether (sulfide) groups is 1. The second-order valence-electron chi connectivity index (χ2n) is 9.11. The standard InChI is InChI=1S/C24H37N3O7S/c1-15(2)27(22(31)18(12-13-35-7)26-23(32)34-24(3,4)5)20(16-8-10-17(28)11-9-16)21(30)25-14-19(29)33-6/h8-11,15,18,20,28H,12-14H2,1-7H3,(H,25,30)(H,26,32). The van der Waals surface area contributed by atoms with Crippen molar-refractivity contribution < 1.29 is 33.8 Å². The molecule has 11 heteroatoms. The molecule has 0 heterocycles. The van der Waals surface area contributed by atoms with Crippen molar-refractivity contribution in [2.75, 3.05) is 25.7 Å². The molecule has 0 aliphatic rings. The number of benzene rings is 1.